The molecule has 0 fully saturated rings. The van der Waals surface area contributed by atoms with Crippen LogP contribution in [-0.4, -0.2) is 41.0 Å². The van der Waals surface area contributed by atoms with Crippen LogP contribution in [0.15, 0.2) is 12.1 Å². The van der Waals surface area contributed by atoms with Crippen LogP contribution in [-0.2, 0) is 9.59 Å². The molecule has 0 spiro atoms. The van der Waals surface area contributed by atoms with Gasteiger partial charge in [0.25, 0.3) is 0 Å². The number of carbonyl (C=O) groups is 3. The molecular formula is C13H18N4O4. The molecule has 114 valence electrons. The first-order valence-electron chi connectivity index (χ1n) is 6.27. The third-order valence-corrected chi connectivity index (χ3v) is 2.69. The highest BCUT2D eigenvalue weighted by atomic mass is 16.4. The molecular weight excluding hydrogens is 276 g/mol. The highest BCUT2D eigenvalue weighted by molar-refractivity contribution is 5.90. The second-order valence-electron chi connectivity index (χ2n) is 4.89. The van der Waals surface area contributed by atoms with Crippen molar-refractivity contribution in [3.63, 3.8) is 0 Å². The summed E-state index contributed by atoms with van der Waals surface area (Å²) in [6.45, 7) is 3.14. The minimum Gasteiger partial charge on any atom is -0.478 e. The normalized spacial score (nSPS) is 10.4. The van der Waals surface area contributed by atoms with Gasteiger partial charge in [0.1, 0.15) is 5.82 Å². The van der Waals surface area contributed by atoms with Crippen molar-refractivity contribution in [2.45, 2.75) is 19.8 Å². The zero-order valence-electron chi connectivity index (χ0n) is 11.9. The van der Waals surface area contributed by atoms with Crippen molar-refractivity contribution >= 4 is 23.6 Å². The smallest absolute Gasteiger partial charge is 0.335 e. The van der Waals surface area contributed by atoms with Crippen molar-refractivity contribution in [1.29, 1.82) is 0 Å². The van der Waals surface area contributed by atoms with Crippen LogP contribution in [0.25, 0.3) is 0 Å². The standard InChI is InChI=1S/C13H18N4O4/c1-7(2)9-3-8(13(20)21)4-12(16-9)17(5-10(14)18)6-11(15)19/h3-4,7H,5-6H2,1-2H3,(H2,14,18)(H2,15,19)(H,20,21). The molecule has 0 saturated heterocycles. The third kappa shape index (κ3) is 4.75. The summed E-state index contributed by atoms with van der Waals surface area (Å²) in [5.41, 5.74) is 10.8. The second kappa shape index (κ2) is 6.69. The Labute approximate surface area is 121 Å². The molecule has 0 aliphatic carbocycles. The highest BCUT2D eigenvalue weighted by Crippen LogP contribution is 2.20. The average molecular weight is 294 g/mol. The summed E-state index contributed by atoms with van der Waals surface area (Å²) in [6, 6.07) is 2.73. The maximum atomic E-state index is 11.2. The van der Waals surface area contributed by atoms with Crippen molar-refractivity contribution < 1.29 is 19.5 Å². The number of amides is 2. The first kappa shape index (κ1) is 16.4. The molecule has 0 aliphatic heterocycles. The van der Waals surface area contributed by atoms with Crippen LogP contribution < -0.4 is 16.4 Å². The number of nitrogens with two attached hydrogens (primary N) is 2. The molecule has 0 radical (unpaired) electrons. The van der Waals surface area contributed by atoms with E-state index in [1.165, 1.54) is 17.0 Å². The van der Waals surface area contributed by atoms with Crippen LogP contribution in [0.1, 0.15) is 35.8 Å². The number of aromatic carboxylic acids is 1. The Morgan fingerprint density at radius 2 is 1.71 bits per heavy atom. The molecule has 1 rings (SSSR count). The van der Waals surface area contributed by atoms with Gasteiger partial charge in [0.05, 0.1) is 18.7 Å². The lowest BCUT2D eigenvalue weighted by Gasteiger charge is -2.22. The average Bonchev–Trinajstić information content (AvgIpc) is 2.36. The number of rotatable bonds is 7. The molecule has 0 bridgehead atoms. The molecule has 1 aromatic heterocycles. The number of carboxylic acids is 1. The van der Waals surface area contributed by atoms with E-state index in [0.29, 0.717) is 5.69 Å². The molecule has 21 heavy (non-hydrogen) atoms. The zero-order valence-corrected chi connectivity index (χ0v) is 11.9. The van der Waals surface area contributed by atoms with Gasteiger partial charge in [-0.2, -0.15) is 0 Å². The van der Waals surface area contributed by atoms with Crippen molar-refractivity contribution in [3.05, 3.63) is 23.4 Å². The molecule has 8 nitrogen and oxygen atoms in total. The monoisotopic (exact) mass is 294 g/mol. The van der Waals surface area contributed by atoms with Crippen LogP contribution in [0.5, 0.6) is 0 Å². The zero-order chi connectivity index (χ0) is 16.2. The molecule has 8 heteroatoms. The van der Waals surface area contributed by atoms with Crippen LogP contribution >= 0.6 is 0 Å². The van der Waals surface area contributed by atoms with Crippen LogP contribution in [0.2, 0.25) is 0 Å². The van der Waals surface area contributed by atoms with Gasteiger partial charge in [-0.15, -0.1) is 0 Å². The summed E-state index contributed by atoms with van der Waals surface area (Å²) in [4.78, 5) is 38.9. The van der Waals surface area contributed by atoms with E-state index in [9.17, 15) is 14.4 Å². The van der Waals surface area contributed by atoms with Gasteiger partial charge in [-0.05, 0) is 18.1 Å². The second-order valence-corrected chi connectivity index (χ2v) is 4.89. The fourth-order valence-corrected chi connectivity index (χ4v) is 1.71. The van der Waals surface area contributed by atoms with E-state index in [-0.39, 0.29) is 30.4 Å². The molecule has 0 aliphatic rings. The Morgan fingerprint density at radius 1 is 1.19 bits per heavy atom. The quantitative estimate of drug-likeness (QED) is 0.629. The number of primary amides is 2. The minimum atomic E-state index is -1.13. The van der Waals surface area contributed by atoms with Gasteiger partial charge in [0, 0.05) is 5.69 Å². The van der Waals surface area contributed by atoms with Crippen LogP contribution in [0.3, 0.4) is 0 Å². The maximum Gasteiger partial charge on any atom is 0.335 e. The van der Waals surface area contributed by atoms with Gasteiger partial charge in [-0.3, -0.25) is 9.59 Å². The lowest BCUT2D eigenvalue weighted by Crippen LogP contribution is -2.40. The van der Waals surface area contributed by atoms with Crippen molar-refractivity contribution in [1.82, 2.24) is 4.98 Å². The summed E-state index contributed by atoms with van der Waals surface area (Å²) >= 11 is 0. The van der Waals surface area contributed by atoms with Crippen LogP contribution in [0.4, 0.5) is 5.82 Å². The molecule has 0 unspecified atom stereocenters. The molecule has 1 heterocycles. The molecule has 0 aromatic carbocycles. The summed E-state index contributed by atoms with van der Waals surface area (Å²) < 4.78 is 0. The number of hydrogen-bond acceptors (Lipinski definition) is 5. The molecule has 2 amide bonds. The van der Waals surface area contributed by atoms with Gasteiger partial charge < -0.3 is 21.5 Å². The van der Waals surface area contributed by atoms with Crippen LogP contribution in [0, 0.1) is 0 Å². The molecule has 1 aromatic rings. The van der Waals surface area contributed by atoms with E-state index in [2.05, 4.69) is 4.98 Å². The van der Waals surface area contributed by atoms with Gasteiger partial charge in [0.15, 0.2) is 0 Å². The number of aromatic nitrogens is 1. The highest BCUT2D eigenvalue weighted by Gasteiger charge is 2.18. The van der Waals surface area contributed by atoms with E-state index in [1.54, 1.807) is 0 Å². The topological polar surface area (TPSA) is 140 Å². The lowest BCUT2D eigenvalue weighted by molar-refractivity contribution is -0.117. The van der Waals surface area contributed by atoms with Gasteiger partial charge in [-0.1, -0.05) is 13.8 Å². The summed E-state index contributed by atoms with van der Waals surface area (Å²) in [5, 5.41) is 9.13. The largest absolute Gasteiger partial charge is 0.478 e. The van der Waals surface area contributed by atoms with Gasteiger partial charge >= 0.3 is 5.97 Å². The Hall–Kier alpha value is -2.64. The van der Waals surface area contributed by atoms with Crippen molar-refractivity contribution in [3.8, 4) is 0 Å². The first-order chi connectivity index (χ1) is 9.70. The molecule has 5 N–H and O–H groups in total. The minimum absolute atomic E-state index is 0.0163. The SMILES string of the molecule is CC(C)c1cc(C(=O)O)cc(N(CC(N)=O)CC(N)=O)n1. The third-order valence-electron chi connectivity index (χ3n) is 2.69. The van der Waals surface area contributed by atoms with Gasteiger partial charge in [-0.25, -0.2) is 9.78 Å². The Balaban J connectivity index is 3.30. The van der Waals surface area contributed by atoms with E-state index >= 15 is 0 Å². The summed E-state index contributed by atoms with van der Waals surface area (Å²) in [5.74, 6) is -2.32. The summed E-state index contributed by atoms with van der Waals surface area (Å²) in [7, 11) is 0. The predicted molar refractivity (Wildman–Crippen MR) is 75.9 cm³/mol. The van der Waals surface area contributed by atoms with E-state index in [4.69, 9.17) is 16.6 Å². The van der Waals surface area contributed by atoms with E-state index in [1.807, 2.05) is 13.8 Å². The Kier molecular flexibility index (Phi) is 5.23. The lowest BCUT2D eigenvalue weighted by atomic mass is 10.1. The van der Waals surface area contributed by atoms with E-state index < -0.39 is 17.8 Å². The Bertz CT molecular complexity index is 555. The first-order valence-corrected chi connectivity index (χ1v) is 6.27. The molecule has 0 saturated carbocycles. The van der Waals surface area contributed by atoms with E-state index in [0.717, 1.165) is 0 Å². The number of hydrogen-bond donors (Lipinski definition) is 3. The number of carbonyl (C=O) groups excluding carboxylic acids is 2. The molecule has 0 atom stereocenters. The fraction of sp³-hybridized carbons (Fsp3) is 0.385. The maximum absolute atomic E-state index is 11.2. The van der Waals surface area contributed by atoms with Crippen molar-refractivity contribution in [2.75, 3.05) is 18.0 Å². The van der Waals surface area contributed by atoms with Gasteiger partial charge in [0.2, 0.25) is 11.8 Å². The Morgan fingerprint density at radius 3 is 2.10 bits per heavy atom. The number of carboxylic acid groups (broad SMARTS) is 1. The predicted octanol–water partition coefficient (Wildman–Crippen LogP) is -0.320. The fourth-order valence-electron chi connectivity index (χ4n) is 1.71. The number of anilines is 1. The number of nitrogens with zero attached hydrogens (tertiary/aromatic N) is 2. The van der Waals surface area contributed by atoms with Crippen molar-refractivity contribution in [2.24, 2.45) is 11.5 Å². The number of pyridine rings is 1. The summed E-state index contributed by atoms with van der Waals surface area (Å²) in [6.07, 6.45) is 0.